The van der Waals surface area contributed by atoms with Crippen LogP contribution < -0.4 is 4.72 Å². The second-order valence-corrected chi connectivity index (χ2v) is 6.22. The quantitative estimate of drug-likeness (QED) is 0.848. The smallest absolute Gasteiger partial charge is 0.211 e. The molecule has 102 valence electrons. The van der Waals surface area contributed by atoms with Crippen molar-refractivity contribution in [3.8, 4) is 0 Å². The summed E-state index contributed by atoms with van der Waals surface area (Å²) in [6.07, 6.45) is 0. The summed E-state index contributed by atoms with van der Waals surface area (Å²) in [7, 11) is -3.49. The van der Waals surface area contributed by atoms with Crippen molar-refractivity contribution in [1.82, 2.24) is 4.72 Å². The lowest BCUT2D eigenvalue weighted by molar-refractivity contribution is 0.0588. The molecule has 0 bridgehead atoms. The fourth-order valence-electron chi connectivity index (χ4n) is 1.37. The molecule has 0 aliphatic carbocycles. The molecule has 1 atom stereocenters. The van der Waals surface area contributed by atoms with Crippen molar-refractivity contribution in [2.75, 3.05) is 12.3 Å². The van der Waals surface area contributed by atoms with Crippen molar-refractivity contribution in [2.24, 2.45) is 0 Å². The lowest BCUT2D eigenvalue weighted by Gasteiger charge is -2.24. The van der Waals surface area contributed by atoms with Crippen LogP contribution in [0.5, 0.6) is 0 Å². The number of sulfonamides is 1. The molecule has 0 aliphatic heterocycles. The predicted molar refractivity (Wildman–Crippen MR) is 63.4 cm³/mol. The summed E-state index contributed by atoms with van der Waals surface area (Å²) in [5, 5.41) is 10.0. The fourth-order valence-corrected chi connectivity index (χ4v) is 2.08. The van der Waals surface area contributed by atoms with Gasteiger partial charge in [0, 0.05) is 18.2 Å². The van der Waals surface area contributed by atoms with Crippen LogP contribution >= 0.6 is 0 Å². The van der Waals surface area contributed by atoms with Crippen molar-refractivity contribution >= 4 is 10.0 Å². The first-order valence-corrected chi connectivity index (χ1v) is 6.98. The number of hydrogen-bond donors (Lipinski definition) is 2. The third-order valence-electron chi connectivity index (χ3n) is 2.53. The third-order valence-corrected chi connectivity index (χ3v) is 3.87. The average molecular weight is 279 g/mol. The zero-order valence-electron chi connectivity index (χ0n) is 10.1. The van der Waals surface area contributed by atoms with Gasteiger partial charge < -0.3 is 5.11 Å². The highest BCUT2D eigenvalue weighted by Crippen LogP contribution is 2.23. The Kier molecular flexibility index (Phi) is 4.41. The molecule has 18 heavy (non-hydrogen) atoms. The van der Waals surface area contributed by atoms with Crippen molar-refractivity contribution in [3.05, 3.63) is 35.4 Å². The van der Waals surface area contributed by atoms with Gasteiger partial charge in [-0.2, -0.15) is 0 Å². The van der Waals surface area contributed by atoms with Gasteiger partial charge in [0.2, 0.25) is 10.0 Å². The Balaban J connectivity index is 2.93. The Morgan fingerprint density at radius 1 is 1.39 bits per heavy atom. The van der Waals surface area contributed by atoms with Crippen LogP contribution in [0.4, 0.5) is 8.78 Å². The van der Waals surface area contributed by atoms with Crippen LogP contribution in [-0.2, 0) is 15.6 Å². The average Bonchev–Trinajstić information content (AvgIpc) is 2.26. The van der Waals surface area contributed by atoms with E-state index in [2.05, 4.69) is 4.72 Å². The first-order valence-electron chi connectivity index (χ1n) is 5.33. The van der Waals surface area contributed by atoms with Crippen LogP contribution in [0.25, 0.3) is 0 Å². The number of benzene rings is 1. The van der Waals surface area contributed by atoms with E-state index in [9.17, 15) is 22.3 Å². The fraction of sp³-hybridized carbons (Fsp3) is 0.455. The molecule has 1 aromatic rings. The van der Waals surface area contributed by atoms with E-state index in [1.165, 1.54) is 13.8 Å². The number of aliphatic hydroxyl groups is 1. The molecular weight excluding hydrogens is 264 g/mol. The first kappa shape index (κ1) is 15.0. The molecule has 1 unspecified atom stereocenters. The van der Waals surface area contributed by atoms with Crippen LogP contribution in [0.15, 0.2) is 18.2 Å². The maximum absolute atomic E-state index is 13.5. The molecule has 0 aromatic heterocycles. The molecule has 0 heterocycles. The molecule has 0 saturated carbocycles. The van der Waals surface area contributed by atoms with Gasteiger partial charge in [0.05, 0.1) is 5.75 Å². The van der Waals surface area contributed by atoms with Gasteiger partial charge in [-0.25, -0.2) is 21.9 Å². The van der Waals surface area contributed by atoms with E-state index in [4.69, 9.17) is 0 Å². The topological polar surface area (TPSA) is 66.4 Å². The highest BCUT2D eigenvalue weighted by molar-refractivity contribution is 7.89. The summed E-state index contributed by atoms with van der Waals surface area (Å²) in [5.41, 5.74) is -1.91. The zero-order valence-corrected chi connectivity index (χ0v) is 10.9. The monoisotopic (exact) mass is 279 g/mol. The molecule has 1 rings (SSSR count). The molecule has 2 N–H and O–H groups in total. The summed E-state index contributed by atoms with van der Waals surface area (Å²) in [5.74, 6) is -1.83. The molecule has 1 aromatic carbocycles. The SMILES string of the molecule is CCS(=O)(=O)NCC(C)(O)c1ccc(F)cc1F. The van der Waals surface area contributed by atoms with Gasteiger partial charge in [-0.15, -0.1) is 0 Å². The molecular formula is C11H15F2NO3S. The Hall–Kier alpha value is -1.05. The molecule has 0 saturated heterocycles. The second kappa shape index (κ2) is 5.29. The van der Waals surface area contributed by atoms with Crippen LogP contribution in [0, 0.1) is 11.6 Å². The van der Waals surface area contributed by atoms with E-state index < -0.39 is 27.3 Å². The van der Waals surface area contributed by atoms with Crippen LogP contribution in [-0.4, -0.2) is 25.8 Å². The maximum atomic E-state index is 13.5. The molecule has 7 heteroatoms. The molecule has 0 spiro atoms. The van der Waals surface area contributed by atoms with Gasteiger partial charge in [-0.3, -0.25) is 0 Å². The Morgan fingerprint density at radius 3 is 2.50 bits per heavy atom. The summed E-state index contributed by atoms with van der Waals surface area (Å²) >= 11 is 0. The van der Waals surface area contributed by atoms with Crippen LogP contribution in [0.3, 0.4) is 0 Å². The van der Waals surface area contributed by atoms with Gasteiger partial charge in [0.25, 0.3) is 0 Å². The van der Waals surface area contributed by atoms with Gasteiger partial charge >= 0.3 is 0 Å². The predicted octanol–water partition coefficient (Wildman–Crippen LogP) is 1.11. The van der Waals surface area contributed by atoms with E-state index in [0.29, 0.717) is 6.07 Å². The van der Waals surface area contributed by atoms with Crippen molar-refractivity contribution in [3.63, 3.8) is 0 Å². The van der Waals surface area contributed by atoms with Gasteiger partial charge in [-0.05, 0) is 19.9 Å². The summed E-state index contributed by atoms with van der Waals surface area (Å²) < 4.78 is 50.8. The summed E-state index contributed by atoms with van der Waals surface area (Å²) in [4.78, 5) is 0. The first-order chi connectivity index (χ1) is 8.18. The summed E-state index contributed by atoms with van der Waals surface area (Å²) in [6, 6.07) is 2.73. The molecule has 4 nitrogen and oxygen atoms in total. The van der Waals surface area contributed by atoms with E-state index in [1.54, 1.807) is 0 Å². The highest BCUT2D eigenvalue weighted by atomic mass is 32.2. The number of halogens is 2. The van der Waals surface area contributed by atoms with E-state index in [-0.39, 0.29) is 17.9 Å². The third kappa shape index (κ3) is 3.72. The lowest BCUT2D eigenvalue weighted by atomic mass is 9.96. The normalized spacial score (nSPS) is 15.4. The largest absolute Gasteiger partial charge is 0.384 e. The molecule has 0 aliphatic rings. The molecule has 0 radical (unpaired) electrons. The van der Waals surface area contributed by atoms with E-state index >= 15 is 0 Å². The zero-order chi connectivity index (χ0) is 14.0. The summed E-state index contributed by atoms with van der Waals surface area (Å²) in [6.45, 7) is 2.31. The van der Waals surface area contributed by atoms with Gasteiger partial charge in [0.1, 0.15) is 17.2 Å². The van der Waals surface area contributed by atoms with Crippen LogP contribution in [0.2, 0.25) is 0 Å². The number of hydrogen-bond acceptors (Lipinski definition) is 3. The van der Waals surface area contributed by atoms with Crippen LogP contribution in [0.1, 0.15) is 19.4 Å². The number of rotatable bonds is 5. The minimum Gasteiger partial charge on any atom is -0.384 e. The standard InChI is InChI=1S/C11H15F2NO3S/c1-3-18(16,17)14-7-11(2,15)9-5-4-8(12)6-10(9)13/h4-6,14-15H,3,7H2,1-2H3. The van der Waals surface area contributed by atoms with Crippen molar-refractivity contribution < 1.29 is 22.3 Å². The van der Waals surface area contributed by atoms with Crippen molar-refractivity contribution in [2.45, 2.75) is 19.4 Å². The van der Waals surface area contributed by atoms with Crippen molar-refractivity contribution in [1.29, 1.82) is 0 Å². The number of nitrogens with one attached hydrogen (secondary N) is 1. The lowest BCUT2D eigenvalue weighted by Crippen LogP contribution is -2.39. The maximum Gasteiger partial charge on any atom is 0.211 e. The Labute approximate surface area is 105 Å². The minimum absolute atomic E-state index is 0.144. The van der Waals surface area contributed by atoms with Gasteiger partial charge in [0.15, 0.2) is 0 Å². The minimum atomic E-state index is -3.49. The highest BCUT2D eigenvalue weighted by Gasteiger charge is 2.28. The molecule has 0 amide bonds. The molecule has 0 fully saturated rings. The second-order valence-electron chi connectivity index (χ2n) is 4.12. The van der Waals surface area contributed by atoms with E-state index in [1.807, 2.05) is 0 Å². The van der Waals surface area contributed by atoms with Gasteiger partial charge in [-0.1, -0.05) is 6.07 Å². The Bertz CT molecular complexity index is 529. The van der Waals surface area contributed by atoms with E-state index in [0.717, 1.165) is 12.1 Å². The Morgan fingerprint density at radius 2 is 2.00 bits per heavy atom.